The molecule has 1 heterocycles. The Kier molecular flexibility index (Phi) is 4.47. The third-order valence-corrected chi connectivity index (χ3v) is 8.55. The maximum absolute atomic E-state index is 10.4. The second-order valence-corrected chi connectivity index (χ2v) is 10.2. The Labute approximate surface area is 153 Å². The van der Waals surface area contributed by atoms with Crippen LogP contribution in [0.3, 0.4) is 0 Å². The zero-order valence-corrected chi connectivity index (χ0v) is 16.9. The SMILES string of the molecule is C=C1CC[C@]2(C)[C@H](CC[C@]3(C)O[C@@](C)([C@@H](O)CCl)CC[C@@H]23)C1(C)C. The molecule has 3 rings (SSSR count). The highest BCUT2D eigenvalue weighted by Gasteiger charge is 2.62. The van der Waals surface area contributed by atoms with Gasteiger partial charge in [0.2, 0.25) is 0 Å². The van der Waals surface area contributed by atoms with Gasteiger partial charge in [0.15, 0.2) is 0 Å². The molecular formula is C21H35ClO2. The fourth-order valence-corrected chi connectivity index (χ4v) is 6.89. The van der Waals surface area contributed by atoms with Gasteiger partial charge >= 0.3 is 0 Å². The van der Waals surface area contributed by atoms with Crippen molar-refractivity contribution in [2.24, 2.45) is 22.7 Å². The molecule has 3 aliphatic rings. The number of hydrogen-bond acceptors (Lipinski definition) is 2. The van der Waals surface area contributed by atoms with E-state index in [4.69, 9.17) is 16.3 Å². The molecule has 138 valence electrons. The summed E-state index contributed by atoms with van der Waals surface area (Å²) in [6, 6.07) is 0. The van der Waals surface area contributed by atoms with Gasteiger partial charge in [0.05, 0.1) is 23.2 Å². The molecule has 24 heavy (non-hydrogen) atoms. The second-order valence-electron chi connectivity index (χ2n) is 9.91. The molecule has 1 N–H and O–H groups in total. The average molecular weight is 355 g/mol. The summed E-state index contributed by atoms with van der Waals surface area (Å²) in [6.45, 7) is 16.0. The zero-order valence-electron chi connectivity index (χ0n) is 16.1. The topological polar surface area (TPSA) is 29.5 Å². The van der Waals surface area contributed by atoms with Gasteiger partial charge in [-0.25, -0.2) is 0 Å². The van der Waals surface area contributed by atoms with E-state index in [2.05, 4.69) is 34.3 Å². The summed E-state index contributed by atoms with van der Waals surface area (Å²) in [4.78, 5) is 0. The van der Waals surface area contributed by atoms with Crippen LogP contribution in [0, 0.1) is 22.7 Å². The molecule has 1 aliphatic heterocycles. The average Bonchev–Trinajstić information content (AvgIpc) is 2.49. The summed E-state index contributed by atoms with van der Waals surface area (Å²) < 4.78 is 6.67. The van der Waals surface area contributed by atoms with E-state index in [1.807, 2.05) is 6.92 Å². The number of rotatable bonds is 2. The van der Waals surface area contributed by atoms with E-state index in [1.54, 1.807) is 0 Å². The van der Waals surface area contributed by atoms with Crippen LogP contribution in [0.1, 0.15) is 73.1 Å². The highest BCUT2D eigenvalue weighted by atomic mass is 35.5. The van der Waals surface area contributed by atoms with E-state index in [0.29, 0.717) is 17.3 Å². The van der Waals surface area contributed by atoms with Crippen LogP contribution in [0.5, 0.6) is 0 Å². The van der Waals surface area contributed by atoms with Crippen LogP contribution in [-0.4, -0.2) is 28.3 Å². The lowest BCUT2D eigenvalue weighted by molar-refractivity contribution is -0.280. The highest BCUT2D eigenvalue weighted by Crippen LogP contribution is 2.66. The first-order valence-corrected chi connectivity index (χ1v) is 10.2. The summed E-state index contributed by atoms with van der Waals surface area (Å²) in [7, 11) is 0. The van der Waals surface area contributed by atoms with Crippen LogP contribution in [0.25, 0.3) is 0 Å². The Bertz CT molecular complexity index is 530. The monoisotopic (exact) mass is 354 g/mol. The molecule has 0 spiro atoms. The largest absolute Gasteiger partial charge is 0.389 e. The first-order valence-electron chi connectivity index (χ1n) is 9.62. The van der Waals surface area contributed by atoms with Crippen LogP contribution in [0.2, 0.25) is 0 Å². The van der Waals surface area contributed by atoms with Crippen molar-refractivity contribution < 1.29 is 9.84 Å². The number of hydrogen-bond donors (Lipinski definition) is 1. The standard InChI is InChI=1S/C21H35ClO2/c1-14-7-10-19(4)15(18(14,2)3)8-11-20(5)16(19)9-12-21(6,24-20)17(23)13-22/h15-17,23H,1,7-13H2,2-6H3/t15-,16+,17+,19-,20+,21-/m1/s1. The molecule has 3 heteroatoms. The number of aliphatic hydroxyl groups is 1. The molecule has 0 unspecified atom stereocenters. The number of alkyl halides is 1. The molecule has 6 atom stereocenters. The van der Waals surface area contributed by atoms with Gasteiger partial charge in [-0.1, -0.05) is 32.9 Å². The number of allylic oxidation sites excluding steroid dienone is 1. The lowest BCUT2D eigenvalue weighted by Gasteiger charge is -2.66. The summed E-state index contributed by atoms with van der Waals surface area (Å²) in [5, 5.41) is 10.4. The van der Waals surface area contributed by atoms with Gasteiger partial charge in [-0.2, -0.15) is 0 Å². The van der Waals surface area contributed by atoms with Crippen molar-refractivity contribution in [3.63, 3.8) is 0 Å². The van der Waals surface area contributed by atoms with E-state index in [-0.39, 0.29) is 16.9 Å². The Morgan fingerprint density at radius 1 is 1.12 bits per heavy atom. The summed E-state index contributed by atoms with van der Waals surface area (Å²) in [5.74, 6) is 1.46. The Morgan fingerprint density at radius 3 is 2.38 bits per heavy atom. The summed E-state index contributed by atoms with van der Waals surface area (Å²) in [6.07, 6.45) is 6.03. The Balaban J connectivity index is 1.92. The van der Waals surface area contributed by atoms with E-state index >= 15 is 0 Å². The van der Waals surface area contributed by atoms with Crippen molar-refractivity contribution in [1.82, 2.24) is 0 Å². The zero-order chi connectivity index (χ0) is 18.0. The Hall–Kier alpha value is -0.0500. The highest BCUT2D eigenvalue weighted by molar-refractivity contribution is 6.18. The van der Waals surface area contributed by atoms with Crippen LogP contribution < -0.4 is 0 Å². The van der Waals surface area contributed by atoms with Crippen LogP contribution in [0.15, 0.2) is 12.2 Å². The first-order chi connectivity index (χ1) is 11.0. The summed E-state index contributed by atoms with van der Waals surface area (Å²) in [5.41, 5.74) is 1.27. The molecule has 2 nitrogen and oxygen atoms in total. The molecule has 0 aromatic heterocycles. The molecule has 0 bridgehead atoms. The van der Waals surface area contributed by atoms with Crippen LogP contribution in [0.4, 0.5) is 0 Å². The van der Waals surface area contributed by atoms with Gasteiger partial charge in [0.25, 0.3) is 0 Å². The predicted octanol–water partition coefficient (Wildman–Crippen LogP) is 5.32. The fourth-order valence-electron chi connectivity index (χ4n) is 6.57. The van der Waals surface area contributed by atoms with E-state index < -0.39 is 11.7 Å². The first kappa shape index (κ1) is 18.7. The molecule has 3 fully saturated rings. The smallest absolute Gasteiger partial charge is 0.0962 e. The van der Waals surface area contributed by atoms with Gasteiger partial charge in [0, 0.05) is 0 Å². The van der Waals surface area contributed by atoms with Gasteiger partial charge in [-0.15, -0.1) is 11.6 Å². The van der Waals surface area contributed by atoms with Crippen LogP contribution in [-0.2, 0) is 4.74 Å². The molecule has 2 aliphatic carbocycles. The van der Waals surface area contributed by atoms with Gasteiger partial charge in [-0.05, 0) is 75.0 Å². The number of ether oxygens (including phenoxy) is 1. The fraction of sp³-hybridized carbons (Fsp3) is 0.905. The van der Waals surface area contributed by atoms with Crippen molar-refractivity contribution in [2.75, 3.05) is 5.88 Å². The Morgan fingerprint density at radius 2 is 1.75 bits per heavy atom. The third kappa shape index (κ3) is 2.51. The molecular weight excluding hydrogens is 320 g/mol. The van der Waals surface area contributed by atoms with Gasteiger partial charge < -0.3 is 9.84 Å². The quantitative estimate of drug-likeness (QED) is 0.537. The summed E-state index contributed by atoms with van der Waals surface area (Å²) >= 11 is 5.95. The molecule has 0 aromatic carbocycles. The lowest BCUT2D eigenvalue weighted by Crippen LogP contribution is -2.64. The third-order valence-electron chi connectivity index (χ3n) is 8.25. The van der Waals surface area contributed by atoms with Crippen molar-refractivity contribution in [3.8, 4) is 0 Å². The lowest BCUT2D eigenvalue weighted by atomic mass is 9.43. The van der Waals surface area contributed by atoms with Crippen molar-refractivity contribution in [3.05, 3.63) is 12.2 Å². The number of fused-ring (bicyclic) bond motifs is 3. The minimum absolute atomic E-state index is 0.153. The maximum atomic E-state index is 10.4. The maximum Gasteiger partial charge on any atom is 0.0962 e. The van der Waals surface area contributed by atoms with E-state index in [9.17, 15) is 5.11 Å². The minimum atomic E-state index is -0.593. The van der Waals surface area contributed by atoms with Gasteiger partial charge in [0.1, 0.15) is 0 Å². The van der Waals surface area contributed by atoms with Crippen molar-refractivity contribution in [1.29, 1.82) is 0 Å². The van der Waals surface area contributed by atoms with E-state index in [1.165, 1.54) is 18.4 Å². The van der Waals surface area contributed by atoms with Gasteiger partial charge in [-0.3, -0.25) is 0 Å². The molecule has 0 radical (unpaired) electrons. The normalized spacial score (nSPS) is 49.2. The van der Waals surface area contributed by atoms with Crippen molar-refractivity contribution >= 4 is 11.6 Å². The molecule has 0 amide bonds. The molecule has 2 saturated carbocycles. The molecule has 1 saturated heterocycles. The minimum Gasteiger partial charge on any atom is -0.389 e. The van der Waals surface area contributed by atoms with E-state index in [0.717, 1.165) is 25.7 Å². The second kappa shape index (κ2) is 5.72. The van der Waals surface area contributed by atoms with Crippen LogP contribution >= 0.6 is 11.6 Å². The molecule has 0 aromatic rings. The predicted molar refractivity (Wildman–Crippen MR) is 100 cm³/mol. The number of aliphatic hydroxyl groups excluding tert-OH is 1. The van der Waals surface area contributed by atoms with Crippen molar-refractivity contribution in [2.45, 2.75) is 90.4 Å². The number of halogens is 1.